The van der Waals surface area contributed by atoms with Crippen molar-refractivity contribution in [2.45, 2.75) is 38.7 Å². The van der Waals surface area contributed by atoms with Gasteiger partial charge >= 0.3 is 5.97 Å². The van der Waals surface area contributed by atoms with Gasteiger partial charge in [-0.05, 0) is 24.9 Å². The summed E-state index contributed by atoms with van der Waals surface area (Å²) in [7, 11) is 0. The number of esters is 1. The normalized spacial score (nSPS) is 9.61. The van der Waals surface area contributed by atoms with E-state index in [4.69, 9.17) is 10.5 Å². The molecule has 0 spiro atoms. The lowest BCUT2D eigenvalue weighted by atomic mass is 10.1. The van der Waals surface area contributed by atoms with E-state index in [-0.39, 0.29) is 18.4 Å². The lowest BCUT2D eigenvalue weighted by molar-refractivity contribution is -0.145. The Kier molecular flexibility index (Phi) is 10.4. The van der Waals surface area contributed by atoms with Crippen LogP contribution in [0, 0.1) is 0 Å². The fourth-order valence-corrected chi connectivity index (χ4v) is 1.58. The Balaban J connectivity index is 0.00000289. The number of carbonyl (C=O) groups is 1. The molecule has 1 aromatic carbocycles. The average molecular weight is 272 g/mol. The van der Waals surface area contributed by atoms with Crippen LogP contribution in [0.15, 0.2) is 30.3 Å². The number of carbonyl (C=O) groups excluding carboxylic acids is 1. The van der Waals surface area contributed by atoms with E-state index >= 15 is 0 Å². The van der Waals surface area contributed by atoms with Crippen molar-refractivity contribution in [2.24, 2.45) is 5.73 Å². The van der Waals surface area contributed by atoms with Crippen LogP contribution >= 0.6 is 12.4 Å². The SMILES string of the molecule is Cl.NCCCCCCC(=O)OCc1ccccc1. The van der Waals surface area contributed by atoms with Crippen LogP contribution in [0.3, 0.4) is 0 Å². The quantitative estimate of drug-likeness (QED) is 0.584. The minimum atomic E-state index is -0.110. The molecule has 0 saturated carbocycles. The van der Waals surface area contributed by atoms with Crippen molar-refractivity contribution in [1.29, 1.82) is 0 Å². The molecule has 102 valence electrons. The summed E-state index contributed by atoms with van der Waals surface area (Å²) in [5, 5.41) is 0. The van der Waals surface area contributed by atoms with Crippen molar-refractivity contribution in [1.82, 2.24) is 0 Å². The Morgan fingerprint density at radius 3 is 2.39 bits per heavy atom. The monoisotopic (exact) mass is 271 g/mol. The molecule has 1 aromatic rings. The van der Waals surface area contributed by atoms with Crippen LogP contribution < -0.4 is 5.73 Å². The van der Waals surface area contributed by atoms with Crippen molar-refractivity contribution in [3.05, 3.63) is 35.9 Å². The topological polar surface area (TPSA) is 52.3 Å². The molecule has 0 aliphatic rings. The number of rotatable bonds is 8. The second-order valence-electron chi connectivity index (χ2n) is 4.10. The molecule has 18 heavy (non-hydrogen) atoms. The molecule has 0 bridgehead atoms. The average Bonchev–Trinajstić information content (AvgIpc) is 2.37. The Bertz CT molecular complexity index is 317. The summed E-state index contributed by atoms with van der Waals surface area (Å²) in [4.78, 5) is 11.4. The van der Waals surface area contributed by atoms with Gasteiger partial charge in [-0.15, -0.1) is 12.4 Å². The molecule has 0 saturated heterocycles. The van der Waals surface area contributed by atoms with E-state index in [9.17, 15) is 4.79 Å². The molecule has 2 N–H and O–H groups in total. The third-order valence-corrected chi connectivity index (χ3v) is 2.58. The van der Waals surface area contributed by atoms with Gasteiger partial charge in [-0.2, -0.15) is 0 Å². The van der Waals surface area contributed by atoms with Crippen LogP contribution in [0.5, 0.6) is 0 Å². The number of benzene rings is 1. The maximum Gasteiger partial charge on any atom is 0.306 e. The fourth-order valence-electron chi connectivity index (χ4n) is 1.58. The van der Waals surface area contributed by atoms with Gasteiger partial charge in [-0.25, -0.2) is 0 Å². The zero-order chi connectivity index (χ0) is 12.3. The Labute approximate surface area is 115 Å². The van der Waals surface area contributed by atoms with E-state index in [1.807, 2.05) is 30.3 Å². The molecule has 0 unspecified atom stereocenters. The molecule has 0 radical (unpaired) electrons. The number of hydrogen-bond acceptors (Lipinski definition) is 3. The van der Waals surface area contributed by atoms with Crippen LogP contribution in [0.4, 0.5) is 0 Å². The molecule has 3 nitrogen and oxygen atoms in total. The minimum absolute atomic E-state index is 0. The Hall–Kier alpha value is -1.06. The first-order valence-electron chi connectivity index (χ1n) is 6.22. The molecule has 0 atom stereocenters. The molecular weight excluding hydrogens is 250 g/mol. The molecule has 0 heterocycles. The van der Waals surface area contributed by atoms with Gasteiger partial charge in [0.1, 0.15) is 6.61 Å². The highest BCUT2D eigenvalue weighted by molar-refractivity contribution is 5.85. The van der Waals surface area contributed by atoms with Crippen LogP contribution in [0.2, 0.25) is 0 Å². The van der Waals surface area contributed by atoms with Crippen LogP contribution in [0.1, 0.15) is 37.7 Å². The predicted molar refractivity (Wildman–Crippen MR) is 75.6 cm³/mol. The first-order valence-corrected chi connectivity index (χ1v) is 6.22. The fraction of sp³-hybridized carbons (Fsp3) is 0.500. The molecular formula is C14H22ClNO2. The lowest BCUT2D eigenvalue weighted by Gasteiger charge is -2.04. The van der Waals surface area contributed by atoms with Gasteiger partial charge in [0.05, 0.1) is 0 Å². The number of halogens is 1. The van der Waals surface area contributed by atoms with E-state index in [0.29, 0.717) is 13.0 Å². The lowest BCUT2D eigenvalue weighted by Crippen LogP contribution is -2.04. The van der Waals surface area contributed by atoms with Crippen LogP contribution in [-0.2, 0) is 16.1 Å². The van der Waals surface area contributed by atoms with Crippen molar-refractivity contribution in [2.75, 3.05) is 6.54 Å². The second kappa shape index (κ2) is 11.1. The van der Waals surface area contributed by atoms with E-state index in [1.165, 1.54) is 0 Å². The minimum Gasteiger partial charge on any atom is -0.461 e. The van der Waals surface area contributed by atoms with Gasteiger partial charge in [0.25, 0.3) is 0 Å². The van der Waals surface area contributed by atoms with Crippen molar-refractivity contribution < 1.29 is 9.53 Å². The van der Waals surface area contributed by atoms with Gasteiger partial charge in [-0.1, -0.05) is 43.2 Å². The maximum absolute atomic E-state index is 11.4. The first kappa shape index (κ1) is 16.9. The highest BCUT2D eigenvalue weighted by Gasteiger charge is 2.02. The summed E-state index contributed by atoms with van der Waals surface area (Å²) in [5.74, 6) is -0.110. The third kappa shape index (κ3) is 8.09. The molecule has 0 amide bonds. The van der Waals surface area contributed by atoms with Gasteiger partial charge < -0.3 is 10.5 Å². The van der Waals surface area contributed by atoms with E-state index in [2.05, 4.69) is 0 Å². The van der Waals surface area contributed by atoms with Crippen LogP contribution in [-0.4, -0.2) is 12.5 Å². The van der Waals surface area contributed by atoms with E-state index in [0.717, 1.165) is 37.8 Å². The van der Waals surface area contributed by atoms with E-state index < -0.39 is 0 Å². The van der Waals surface area contributed by atoms with Crippen molar-refractivity contribution >= 4 is 18.4 Å². The molecule has 4 heteroatoms. The van der Waals surface area contributed by atoms with Gasteiger partial charge in [-0.3, -0.25) is 4.79 Å². The molecule has 0 aromatic heterocycles. The molecule has 0 aliphatic heterocycles. The number of ether oxygens (including phenoxy) is 1. The Morgan fingerprint density at radius 2 is 1.72 bits per heavy atom. The highest BCUT2D eigenvalue weighted by atomic mass is 35.5. The summed E-state index contributed by atoms with van der Waals surface area (Å²) < 4.78 is 5.17. The smallest absolute Gasteiger partial charge is 0.306 e. The van der Waals surface area contributed by atoms with Gasteiger partial charge in [0, 0.05) is 6.42 Å². The summed E-state index contributed by atoms with van der Waals surface area (Å²) in [5.41, 5.74) is 6.42. The number of nitrogens with two attached hydrogens (primary N) is 1. The maximum atomic E-state index is 11.4. The van der Waals surface area contributed by atoms with Crippen molar-refractivity contribution in [3.8, 4) is 0 Å². The Morgan fingerprint density at radius 1 is 1.06 bits per heavy atom. The van der Waals surface area contributed by atoms with Gasteiger partial charge in [0.2, 0.25) is 0 Å². The highest BCUT2D eigenvalue weighted by Crippen LogP contribution is 2.06. The summed E-state index contributed by atoms with van der Waals surface area (Å²) in [6, 6.07) is 9.73. The summed E-state index contributed by atoms with van der Waals surface area (Å²) in [6.45, 7) is 1.11. The van der Waals surface area contributed by atoms with Crippen molar-refractivity contribution in [3.63, 3.8) is 0 Å². The molecule has 0 aliphatic carbocycles. The van der Waals surface area contributed by atoms with Crippen LogP contribution in [0.25, 0.3) is 0 Å². The summed E-state index contributed by atoms with van der Waals surface area (Å²) >= 11 is 0. The summed E-state index contributed by atoms with van der Waals surface area (Å²) in [6.07, 6.45) is 4.60. The molecule has 0 fully saturated rings. The molecule has 1 rings (SSSR count). The third-order valence-electron chi connectivity index (χ3n) is 2.58. The zero-order valence-corrected chi connectivity index (χ0v) is 11.5. The first-order chi connectivity index (χ1) is 8.33. The standard InChI is InChI=1S/C14H21NO2.ClH/c15-11-7-2-1-6-10-14(16)17-12-13-8-4-3-5-9-13;/h3-5,8-9H,1-2,6-7,10-12,15H2;1H. The largest absolute Gasteiger partial charge is 0.461 e. The number of unbranched alkanes of at least 4 members (excludes halogenated alkanes) is 3. The predicted octanol–water partition coefficient (Wildman–Crippen LogP) is 3.06. The second-order valence-corrected chi connectivity index (χ2v) is 4.10. The number of hydrogen-bond donors (Lipinski definition) is 1. The van der Waals surface area contributed by atoms with Gasteiger partial charge in [0.15, 0.2) is 0 Å². The zero-order valence-electron chi connectivity index (χ0n) is 10.6. The van der Waals surface area contributed by atoms with E-state index in [1.54, 1.807) is 0 Å².